The van der Waals surface area contributed by atoms with Gasteiger partial charge in [-0.1, -0.05) is 48.5 Å². The number of nitrogens with zero attached hydrogens (tertiary/aromatic N) is 1. The van der Waals surface area contributed by atoms with E-state index in [4.69, 9.17) is 10.5 Å². The minimum Gasteiger partial charge on any atom is -0.489 e. The normalized spacial score (nSPS) is 10.7. The zero-order valence-electron chi connectivity index (χ0n) is 17.1. The first kappa shape index (κ1) is 19.5. The zero-order valence-corrected chi connectivity index (χ0v) is 17.1. The lowest BCUT2D eigenvalue weighted by Gasteiger charge is -2.13. The van der Waals surface area contributed by atoms with E-state index in [1.807, 2.05) is 54.6 Å². The topological polar surface area (TPSA) is 55.6 Å². The van der Waals surface area contributed by atoms with E-state index >= 15 is 0 Å². The molecule has 1 amide bonds. The molecule has 0 unspecified atom stereocenters. The summed E-state index contributed by atoms with van der Waals surface area (Å²) in [6.45, 7) is 0.422. The van der Waals surface area contributed by atoms with Crippen molar-refractivity contribution in [3.63, 3.8) is 0 Å². The molecule has 0 aliphatic heterocycles. The van der Waals surface area contributed by atoms with Crippen LogP contribution in [0.25, 0.3) is 21.9 Å². The van der Waals surface area contributed by atoms with Crippen LogP contribution in [-0.4, -0.2) is 24.9 Å². The van der Waals surface area contributed by atoms with Crippen LogP contribution in [0.2, 0.25) is 0 Å². The number of carbonyl (C=O) groups excluding carboxylic acids is 1. The molecule has 4 aromatic rings. The van der Waals surface area contributed by atoms with Crippen molar-refractivity contribution in [1.82, 2.24) is 4.90 Å². The van der Waals surface area contributed by atoms with Gasteiger partial charge in [-0.05, 0) is 63.9 Å². The molecule has 4 aromatic carbocycles. The quantitative estimate of drug-likeness (QED) is 0.462. The Morgan fingerprint density at radius 3 is 2.40 bits per heavy atom. The fraction of sp³-hybridized carbons (Fsp3) is 0.115. The molecule has 0 aliphatic carbocycles. The van der Waals surface area contributed by atoms with E-state index in [1.165, 1.54) is 0 Å². The third kappa shape index (κ3) is 4.13. The molecule has 0 aliphatic rings. The van der Waals surface area contributed by atoms with Gasteiger partial charge in [0, 0.05) is 25.3 Å². The first-order valence-electron chi connectivity index (χ1n) is 9.83. The third-order valence-electron chi connectivity index (χ3n) is 5.05. The maximum Gasteiger partial charge on any atom is 0.253 e. The highest BCUT2D eigenvalue weighted by atomic mass is 16.5. The van der Waals surface area contributed by atoms with Crippen molar-refractivity contribution in [2.45, 2.75) is 6.61 Å². The molecular formula is C26H24N2O2. The van der Waals surface area contributed by atoms with Gasteiger partial charge in [0.2, 0.25) is 0 Å². The Bertz CT molecular complexity index is 1200. The lowest BCUT2D eigenvalue weighted by atomic mass is 9.97. The van der Waals surface area contributed by atoms with Gasteiger partial charge in [-0.3, -0.25) is 4.79 Å². The van der Waals surface area contributed by atoms with Crippen molar-refractivity contribution in [2.24, 2.45) is 0 Å². The first-order chi connectivity index (χ1) is 14.5. The predicted molar refractivity (Wildman–Crippen MR) is 123 cm³/mol. The molecule has 0 radical (unpaired) electrons. The van der Waals surface area contributed by atoms with Crippen molar-refractivity contribution in [2.75, 3.05) is 19.8 Å². The van der Waals surface area contributed by atoms with Crippen LogP contribution in [0.4, 0.5) is 5.69 Å². The Balaban J connectivity index is 1.61. The van der Waals surface area contributed by atoms with Crippen molar-refractivity contribution in [1.29, 1.82) is 0 Å². The van der Waals surface area contributed by atoms with Crippen molar-refractivity contribution in [3.8, 4) is 16.9 Å². The minimum absolute atomic E-state index is 0.0104. The minimum atomic E-state index is -0.0104. The van der Waals surface area contributed by atoms with Crippen LogP contribution in [0.5, 0.6) is 5.75 Å². The molecule has 4 rings (SSSR count). The second kappa shape index (κ2) is 8.29. The molecule has 0 aromatic heterocycles. The predicted octanol–water partition coefficient (Wildman–Crippen LogP) is 5.37. The molecule has 2 N–H and O–H groups in total. The fourth-order valence-corrected chi connectivity index (χ4v) is 3.48. The van der Waals surface area contributed by atoms with Crippen LogP contribution >= 0.6 is 0 Å². The second-order valence-corrected chi connectivity index (χ2v) is 7.50. The summed E-state index contributed by atoms with van der Waals surface area (Å²) in [6, 6.07) is 27.8. The van der Waals surface area contributed by atoms with E-state index in [0.29, 0.717) is 12.2 Å². The SMILES string of the molecule is CN(C)C(=O)c1ccc(COc2cc(-c3cccc(N)c3)c3ccccc3c2)cc1. The summed E-state index contributed by atoms with van der Waals surface area (Å²) < 4.78 is 6.11. The largest absolute Gasteiger partial charge is 0.489 e. The number of nitrogen functional groups attached to an aromatic ring is 1. The molecule has 4 nitrogen and oxygen atoms in total. The Labute approximate surface area is 176 Å². The van der Waals surface area contributed by atoms with E-state index in [2.05, 4.69) is 30.3 Å². The summed E-state index contributed by atoms with van der Waals surface area (Å²) in [4.78, 5) is 13.6. The average molecular weight is 396 g/mol. The van der Waals surface area contributed by atoms with E-state index in [-0.39, 0.29) is 5.91 Å². The Hall–Kier alpha value is -3.79. The van der Waals surface area contributed by atoms with Crippen molar-refractivity contribution < 1.29 is 9.53 Å². The summed E-state index contributed by atoms with van der Waals surface area (Å²) in [5.74, 6) is 0.781. The van der Waals surface area contributed by atoms with Crippen LogP contribution in [0, 0.1) is 0 Å². The first-order valence-corrected chi connectivity index (χ1v) is 9.83. The Morgan fingerprint density at radius 2 is 1.67 bits per heavy atom. The van der Waals surface area contributed by atoms with Gasteiger partial charge < -0.3 is 15.4 Å². The van der Waals surface area contributed by atoms with E-state index in [1.54, 1.807) is 19.0 Å². The summed E-state index contributed by atoms with van der Waals surface area (Å²) in [7, 11) is 3.49. The van der Waals surface area contributed by atoms with Gasteiger partial charge in [0.05, 0.1) is 0 Å². The lowest BCUT2D eigenvalue weighted by molar-refractivity contribution is 0.0827. The van der Waals surface area contributed by atoms with Crippen LogP contribution in [-0.2, 0) is 6.61 Å². The van der Waals surface area contributed by atoms with Gasteiger partial charge in [0.1, 0.15) is 12.4 Å². The number of rotatable bonds is 5. The Morgan fingerprint density at radius 1 is 0.900 bits per heavy atom. The van der Waals surface area contributed by atoms with E-state index in [0.717, 1.165) is 38.9 Å². The molecule has 4 heteroatoms. The van der Waals surface area contributed by atoms with Gasteiger partial charge in [-0.25, -0.2) is 0 Å². The van der Waals surface area contributed by atoms with Crippen LogP contribution in [0.1, 0.15) is 15.9 Å². The summed E-state index contributed by atoms with van der Waals surface area (Å²) in [6.07, 6.45) is 0. The van der Waals surface area contributed by atoms with Gasteiger partial charge in [0.15, 0.2) is 0 Å². The highest BCUT2D eigenvalue weighted by molar-refractivity contribution is 5.98. The summed E-state index contributed by atoms with van der Waals surface area (Å²) >= 11 is 0. The number of amides is 1. The molecule has 0 spiro atoms. The highest BCUT2D eigenvalue weighted by Gasteiger charge is 2.09. The molecule has 0 atom stereocenters. The molecule has 30 heavy (non-hydrogen) atoms. The molecule has 0 bridgehead atoms. The zero-order chi connectivity index (χ0) is 21.1. The van der Waals surface area contributed by atoms with Crippen LogP contribution in [0.15, 0.2) is 84.9 Å². The van der Waals surface area contributed by atoms with Gasteiger partial charge >= 0.3 is 0 Å². The van der Waals surface area contributed by atoms with E-state index < -0.39 is 0 Å². The summed E-state index contributed by atoms with van der Waals surface area (Å²) in [5.41, 5.74) is 10.6. The number of hydrogen-bond donors (Lipinski definition) is 1. The molecule has 0 heterocycles. The second-order valence-electron chi connectivity index (χ2n) is 7.50. The molecule has 0 saturated carbocycles. The van der Waals surface area contributed by atoms with Crippen molar-refractivity contribution >= 4 is 22.4 Å². The number of carbonyl (C=O) groups is 1. The maximum absolute atomic E-state index is 12.0. The number of nitrogens with two attached hydrogens (primary N) is 1. The molecule has 0 fully saturated rings. The molecule has 0 saturated heterocycles. The summed E-state index contributed by atoms with van der Waals surface area (Å²) in [5, 5.41) is 2.27. The van der Waals surface area contributed by atoms with Gasteiger partial charge in [0.25, 0.3) is 5.91 Å². The molecular weight excluding hydrogens is 372 g/mol. The van der Waals surface area contributed by atoms with E-state index in [9.17, 15) is 4.79 Å². The number of anilines is 1. The van der Waals surface area contributed by atoms with Gasteiger partial charge in [-0.2, -0.15) is 0 Å². The number of fused-ring (bicyclic) bond motifs is 1. The molecule has 150 valence electrons. The fourth-order valence-electron chi connectivity index (χ4n) is 3.48. The highest BCUT2D eigenvalue weighted by Crippen LogP contribution is 2.34. The maximum atomic E-state index is 12.0. The van der Waals surface area contributed by atoms with Crippen molar-refractivity contribution in [3.05, 3.63) is 96.1 Å². The lowest BCUT2D eigenvalue weighted by Crippen LogP contribution is -2.21. The Kier molecular flexibility index (Phi) is 5.40. The van der Waals surface area contributed by atoms with Crippen LogP contribution in [0.3, 0.4) is 0 Å². The number of hydrogen-bond acceptors (Lipinski definition) is 3. The van der Waals surface area contributed by atoms with Crippen LogP contribution < -0.4 is 10.5 Å². The smallest absolute Gasteiger partial charge is 0.253 e. The standard InChI is InChI=1S/C26H24N2O2/c1-28(2)26(29)19-12-10-18(11-13-19)17-30-23-15-21-6-3-4-9-24(21)25(16-23)20-7-5-8-22(27)14-20/h3-16H,17,27H2,1-2H3. The number of ether oxygens (including phenoxy) is 1. The average Bonchev–Trinajstić information content (AvgIpc) is 2.77. The number of benzene rings is 4. The van der Waals surface area contributed by atoms with Gasteiger partial charge in [-0.15, -0.1) is 0 Å². The monoisotopic (exact) mass is 396 g/mol. The third-order valence-corrected chi connectivity index (χ3v) is 5.05.